The maximum atomic E-state index is 6.20. The Morgan fingerprint density at radius 3 is 2.41 bits per heavy atom. The largest absolute Gasteiger partial charge is 0.383 e. The summed E-state index contributed by atoms with van der Waals surface area (Å²) in [5.41, 5.74) is 11.5. The van der Waals surface area contributed by atoms with Crippen LogP contribution in [0.25, 0.3) is 11.0 Å². The van der Waals surface area contributed by atoms with Gasteiger partial charge in [0.25, 0.3) is 0 Å². The summed E-state index contributed by atoms with van der Waals surface area (Å²) >= 11 is 0. The van der Waals surface area contributed by atoms with E-state index in [9.17, 15) is 0 Å². The minimum atomic E-state index is 0.472. The van der Waals surface area contributed by atoms with Crippen LogP contribution in [0.1, 0.15) is 61.0 Å². The molecule has 0 radical (unpaired) electrons. The first-order valence-corrected chi connectivity index (χ1v) is 14.2. The lowest BCUT2D eigenvalue weighted by Crippen LogP contribution is -2.33. The van der Waals surface area contributed by atoms with E-state index in [0.29, 0.717) is 31.4 Å². The Hall–Kier alpha value is -3.53. The van der Waals surface area contributed by atoms with E-state index in [0.717, 1.165) is 54.5 Å². The molecule has 2 aromatic heterocycles. The van der Waals surface area contributed by atoms with Crippen molar-refractivity contribution in [3.05, 3.63) is 77.2 Å². The van der Waals surface area contributed by atoms with Gasteiger partial charge < -0.3 is 32.0 Å². The Balaban J connectivity index is 0.984. The van der Waals surface area contributed by atoms with E-state index in [4.69, 9.17) is 5.73 Å². The smallest absolute Gasteiger partial charge is 0.224 e. The molecule has 1 fully saturated rings. The summed E-state index contributed by atoms with van der Waals surface area (Å²) < 4.78 is 0. The number of imidazole rings is 1. The van der Waals surface area contributed by atoms with Crippen molar-refractivity contribution in [2.45, 2.75) is 70.7 Å². The third-order valence-electron chi connectivity index (χ3n) is 7.32. The molecule has 1 aliphatic carbocycles. The number of H-pyrrole nitrogens is 1. The normalized spacial score (nSPS) is 14.2. The van der Waals surface area contributed by atoms with Crippen LogP contribution in [0.15, 0.2) is 54.7 Å². The quantitative estimate of drug-likeness (QED) is 0.134. The van der Waals surface area contributed by atoms with Gasteiger partial charge in [0.1, 0.15) is 11.6 Å². The fourth-order valence-corrected chi connectivity index (χ4v) is 5.06. The lowest BCUT2D eigenvalue weighted by molar-refractivity contribution is 0.371. The number of para-hydroxylation sites is 2. The van der Waals surface area contributed by atoms with Crippen LogP contribution in [0.3, 0.4) is 0 Å². The highest BCUT2D eigenvalue weighted by Crippen LogP contribution is 2.17. The molecule has 206 valence electrons. The number of aromatic amines is 1. The summed E-state index contributed by atoms with van der Waals surface area (Å²) in [5.74, 6) is 1.89. The Kier molecular flexibility index (Phi) is 9.73. The number of nitrogen functional groups attached to an aromatic ring is 1. The third-order valence-corrected chi connectivity index (χ3v) is 7.32. The highest BCUT2D eigenvalue weighted by atomic mass is 15.1. The summed E-state index contributed by atoms with van der Waals surface area (Å²) in [6.45, 7) is 4.85. The summed E-state index contributed by atoms with van der Waals surface area (Å²) in [7, 11) is 0. The summed E-state index contributed by atoms with van der Waals surface area (Å²) in [6.07, 6.45) is 9.82. The SMILES string of the molecule is Nc1nc(NCc2ccc(CNCCCNC3CCCCC3)cc2)ncc1CNCc1nc2ccccc2[nH]1. The van der Waals surface area contributed by atoms with Gasteiger partial charge in [-0.25, -0.2) is 9.97 Å². The summed E-state index contributed by atoms with van der Waals surface area (Å²) in [5, 5.41) is 13.9. The molecule has 0 saturated heterocycles. The Morgan fingerprint density at radius 2 is 1.62 bits per heavy atom. The van der Waals surface area contributed by atoms with Gasteiger partial charge in [0, 0.05) is 37.4 Å². The van der Waals surface area contributed by atoms with Gasteiger partial charge in [0.15, 0.2) is 0 Å². The number of benzene rings is 2. The average molecular weight is 528 g/mol. The summed E-state index contributed by atoms with van der Waals surface area (Å²) in [4.78, 5) is 16.8. The van der Waals surface area contributed by atoms with Gasteiger partial charge in [-0.05, 0) is 55.6 Å². The monoisotopic (exact) mass is 527 g/mol. The second kappa shape index (κ2) is 14.0. The zero-order valence-corrected chi connectivity index (χ0v) is 22.7. The third kappa shape index (κ3) is 8.23. The standard InChI is InChI=1S/C30H41N9/c31-29-24(19-33-21-28-37-26-9-4-5-10-27(26)38-28)20-36-30(39-29)35-18-23-13-11-22(12-14-23)17-32-15-6-16-34-25-7-2-1-3-8-25/h4-5,9-14,20,25,32-34H,1-3,6-8,15-19,21H2,(H,37,38)(H3,31,35,36,39). The van der Waals surface area contributed by atoms with Crippen LogP contribution < -0.4 is 27.0 Å². The predicted molar refractivity (Wildman–Crippen MR) is 158 cm³/mol. The molecule has 9 heteroatoms. The van der Waals surface area contributed by atoms with Gasteiger partial charge in [-0.3, -0.25) is 0 Å². The van der Waals surface area contributed by atoms with Crippen molar-refractivity contribution in [1.29, 1.82) is 0 Å². The molecule has 1 aliphatic rings. The maximum Gasteiger partial charge on any atom is 0.224 e. The lowest BCUT2D eigenvalue weighted by Gasteiger charge is -2.22. The zero-order chi connectivity index (χ0) is 26.7. The van der Waals surface area contributed by atoms with Crippen molar-refractivity contribution in [1.82, 2.24) is 35.9 Å². The van der Waals surface area contributed by atoms with Gasteiger partial charge >= 0.3 is 0 Å². The van der Waals surface area contributed by atoms with Crippen LogP contribution in [-0.4, -0.2) is 39.1 Å². The van der Waals surface area contributed by atoms with Crippen LogP contribution in [0, 0.1) is 0 Å². The Labute approximate surface area is 230 Å². The number of fused-ring (bicyclic) bond motifs is 1. The van der Waals surface area contributed by atoms with Gasteiger partial charge in [0.05, 0.1) is 17.6 Å². The Morgan fingerprint density at radius 1 is 0.821 bits per heavy atom. The van der Waals surface area contributed by atoms with Gasteiger partial charge in [0.2, 0.25) is 5.95 Å². The minimum absolute atomic E-state index is 0.472. The van der Waals surface area contributed by atoms with Crippen LogP contribution in [0.2, 0.25) is 0 Å². The highest BCUT2D eigenvalue weighted by Gasteiger charge is 2.11. The topological polar surface area (TPSA) is 129 Å². The van der Waals surface area contributed by atoms with Crippen LogP contribution in [0.4, 0.5) is 11.8 Å². The first-order valence-electron chi connectivity index (χ1n) is 14.2. The molecule has 9 nitrogen and oxygen atoms in total. The fraction of sp³-hybridized carbons (Fsp3) is 0.433. The van der Waals surface area contributed by atoms with Crippen molar-refractivity contribution in [2.24, 2.45) is 0 Å². The van der Waals surface area contributed by atoms with Gasteiger partial charge in [-0.1, -0.05) is 55.7 Å². The first kappa shape index (κ1) is 27.1. The molecular weight excluding hydrogens is 486 g/mol. The van der Waals surface area contributed by atoms with Crippen LogP contribution in [-0.2, 0) is 26.2 Å². The molecule has 0 spiro atoms. The second-order valence-corrected chi connectivity index (χ2v) is 10.4. The van der Waals surface area contributed by atoms with Crippen LogP contribution in [0.5, 0.6) is 0 Å². The van der Waals surface area contributed by atoms with Gasteiger partial charge in [-0.15, -0.1) is 0 Å². The average Bonchev–Trinajstić information content (AvgIpc) is 3.39. The maximum absolute atomic E-state index is 6.20. The number of anilines is 2. The molecule has 39 heavy (non-hydrogen) atoms. The number of nitrogens with zero attached hydrogens (tertiary/aromatic N) is 3. The fourth-order valence-electron chi connectivity index (χ4n) is 5.06. The van der Waals surface area contributed by atoms with Crippen molar-refractivity contribution in [2.75, 3.05) is 24.1 Å². The van der Waals surface area contributed by atoms with E-state index in [1.807, 2.05) is 24.3 Å². The Bertz CT molecular complexity index is 1260. The number of aromatic nitrogens is 4. The summed E-state index contributed by atoms with van der Waals surface area (Å²) in [6, 6.07) is 17.4. The number of nitrogens with two attached hydrogens (primary N) is 1. The molecule has 0 unspecified atom stereocenters. The van der Waals surface area contributed by atoms with E-state index in [1.54, 1.807) is 6.20 Å². The first-order chi connectivity index (χ1) is 19.2. The molecule has 0 bridgehead atoms. The number of nitrogens with one attached hydrogen (secondary N) is 5. The number of rotatable bonds is 14. The molecule has 2 heterocycles. The van der Waals surface area contributed by atoms with Crippen molar-refractivity contribution in [3.63, 3.8) is 0 Å². The number of hydrogen-bond acceptors (Lipinski definition) is 8. The molecule has 0 atom stereocenters. The predicted octanol–water partition coefficient (Wildman–Crippen LogP) is 4.24. The highest BCUT2D eigenvalue weighted by molar-refractivity contribution is 5.74. The molecule has 0 amide bonds. The van der Waals surface area contributed by atoms with E-state index < -0.39 is 0 Å². The van der Waals surface area contributed by atoms with Crippen molar-refractivity contribution in [3.8, 4) is 0 Å². The van der Waals surface area contributed by atoms with Crippen LogP contribution >= 0.6 is 0 Å². The molecule has 5 rings (SSSR count). The minimum Gasteiger partial charge on any atom is -0.383 e. The molecule has 0 aliphatic heterocycles. The van der Waals surface area contributed by atoms with Crippen molar-refractivity contribution >= 4 is 22.8 Å². The van der Waals surface area contributed by atoms with Crippen molar-refractivity contribution < 1.29 is 0 Å². The van der Waals surface area contributed by atoms with Gasteiger partial charge in [-0.2, -0.15) is 4.98 Å². The zero-order valence-electron chi connectivity index (χ0n) is 22.7. The second-order valence-electron chi connectivity index (χ2n) is 10.4. The molecule has 7 N–H and O–H groups in total. The molecule has 1 saturated carbocycles. The van der Waals surface area contributed by atoms with E-state index in [-0.39, 0.29) is 0 Å². The lowest BCUT2D eigenvalue weighted by atomic mass is 9.95. The molecule has 4 aromatic rings. The molecule has 2 aromatic carbocycles. The molecular formula is C30H41N9. The van der Waals surface area contributed by atoms with E-state index >= 15 is 0 Å². The van der Waals surface area contributed by atoms with E-state index in [2.05, 4.69) is 65.5 Å². The number of hydrogen-bond donors (Lipinski definition) is 6. The van der Waals surface area contributed by atoms with E-state index in [1.165, 1.54) is 43.2 Å².